The van der Waals surface area contributed by atoms with Gasteiger partial charge in [0.1, 0.15) is 23.2 Å². The first kappa shape index (κ1) is 21.9. The number of anilines is 3. The average molecular weight is 497 g/mol. The number of pyridine rings is 1. The van der Waals surface area contributed by atoms with Crippen molar-refractivity contribution in [3.63, 3.8) is 0 Å². The largest absolute Gasteiger partial charge is 0.401 e. The number of rotatable bonds is 4. The van der Waals surface area contributed by atoms with Crippen LogP contribution in [0.1, 0.15) is 24.3 Å². The third-order valence-corrected chi connectivity index (χ3v) is 6.37. The fourth-order valence-corrected chi connectivity index (χ4v) is 4.36. The van der Waals surface area contributed by atoms with Crippen LogP contribution in [0.3, 0.4) is 0 Å². The number of nitrogens with zero attached hydrogens (tertiary/aromatic N) is 5. The molecule has 184 valence electrons. The number of hydrogen-bond donors (Lipinski definition) is 4. The Hall–Kier alpha value is -4.62. The van der Waals surface area contributed by atoms with Gasteiger partial charge in [-0.3, -0.25) is 9.72 Å². The smallest absolute Gasteiger partial charge is 0.383 e. The molecular formula is C22H18F3N9O2. The first-order valence-electron chi connectivity index (χ1n) is 10.8. The monoisotopic (exact) mass is 497 g/mol. The molecule has 5 aromatic heterocycles. The lowest BCUT2D eigenvalue weighted by molar-refractivity contribution is -0.165. The highest BCUT2D eigenvalue weighted by Crippen LogP contribution is 2.59. The normalized spacial score (nSPS) is 14.9. The molecule has 0 aromatic carbocycles. The van der Waals surface area contributed by atoms with Gasteiger partial charge in [0.25, 0.3) is 0 Å². The van der Waals surface area contributed by atoms with E-state index in [-0.39, 0.29) is 24.4 Å². The molecule has 1 fully saturated rings. The van der Waals surface area contributed by atoms with E-state index >= 15 is 0 Å². The predicted octanol–water partition coefficient (Wildman–Crippen LogP) is 4.39. The van der Waals surface area contributed by atoms with Crippen LogP contribution in [0.25, 0.3) is 27.9 Å². The number of carbonyl (C=O) groups is 1. The molecule has 2 amide bonds. The molecule has 0 bridgehead atoms. The molecule has 0 atom stereocenters. The molecule has 0 radical (unpaired) electrons. The number of nitrogen functional groups attached to an aromatic ring is 1. The van der Waals surface area contributed by atoms with Crippen molar-refractivity contribution in [3.05, 3.63) is 48.4 Å². The van der Waals surface area contributed by atoms with Gasteiger partial charge in [-0.25, -0.2) is 19.7 Å². The van der Waals surface area contributed by atoms with E-state index < -0.39 is 17.6 Å². The standard InChI is InChI=1S/C22H18F3N9O2/c1-10-7-28-19-12(2-3-13(34(10)19)11-8-27-18-16(11)17(26)29-9-30-18)31-20(35)32-15-6-14(36-33-15)21(4-5-21)22(23,24)25/h2-3,6-9H,4-5H2,1H3,(H3,26,27,29,30)(H2,31,32,33,35). The van der Waals surface area contributed by atoms with Crippen LogP contribution in [0.2, 0.25) is 0 Å². The lowest BCUT2D eigenvalue weighted by Gasteiger charge is -2.15. The Bertz CT molecular complexity index is 1650. The summed E-state index contributed by atoms with van der Waals surface area (Å²) in [4.78, 5) is 28.4. The molecule has 5 aromatic rings. The Morgan fingerprint density at radius 3 is 2.78 bits per heavy atom. The van der Waals surface area contributed by atoms with Gasteiger partial charge in [-0.1, -0.05) is 5.16 Å². The highest BCUT2D eigenvalue weighted by Gasteiger charge is 2.66. The van der Waals surface area contributed by atoms with Gasteiger partial charge < -0.3 is 20.6 Å². The number of H-pyrrole nitrogens is 1. The second-order valence-corrected chi connectivity index (χ2v) is 8.61. The zero-order valence-electron chi connectivity index (χ0n) is 18.6. The zero-order chi connectivity index (χ0) is 25.2. The van der Waals surface area contributed by atoms with Gasteiger partial charge in [-0.05, 0) is 31.9 Å². The number of carbonyl (C=O) groups excluding carboxylic acids is 1. The van der Waals surface area contributed by atoms with E-state index in [0.29, 0.717) is 28.2 Å². The van der Waals surface area contributed by atoms with Crippen molar-refractivity contribution >= 4 is 40.0 Å². The third-order valence-electron chi connectivity index (χ3n) is 6.37. The number of aromatic nitrogens is 6. The summed E-state index contributed by atoms with van der Waals surface area (Å²) in [5.41, 5.74) is 7.72. The molecule has 0 saturated heterocycles. The molecule has 14 heteroatoms. The van der Waals surface area contributed by atoms with Crippen LogP contribution in [0.4, 0.5) is 35.3 Å². The maximum Gasteiger partial charge on any atom is 0.401 e. The summed E-state index contributed by atoms with van der Waals surface area (Å²) in [7, 11) is 0. The summed E-state index contributed by atoms with van der Waals surface area (Å²) >= 11 is 0. The average Bonchev–Trinajstić information content (AvgIpc) is 3.13. The SMILES string of the molecule is Cc1cnc2c(NC(=O)Nc3cc(C4(C(F)(F)F)CC4)on3)ccc(-c3c[nH]c4ncnc(N)c34)n12. The van der Waals surface area contributed by atoms with Crippen molar-refractivity contribution in [2.45, 2.75) is 31.4 Å². The number of alkyl halides is 3. The molecule has 5 heterocycles. The van der Waals surface area contributed by atoms with Crippen LogP contribution in [-0.4, -0.2) is 41.7 Å². The fraction of sp³-hybridized carbons (Fsp3) is 0.227. The topological polar surface area (TPSA) is 152 Å². The summed E-state index contributed by atoms with van der Waals surface area (Å²) in [5, 5.41) is 9.30. The van der Waals surface area contributed by atoms with Crippen LogP contribution in [-0.2, 0) is 5.41 Å². The number of halogens is 3. The Balaban J connectivity index is 1.29. The maximum atomic E-state index is 13.3. The van der Waals surface area contributed by atoms with Gasteiger partial charge in [0.15, 0.2) is 17.2 Å². The van der Waals surface area contributed by atoms with Crippen LogP contribution < -0.4 is 16.4 Å². The van der Waals surface area contributed by atoms with Crippen molar-refractivity contribution in [1.29, 1.82) is 0 Å². The molecule has 1 aliphatic carbocycles. The van der Waals surface area contributed by atoms with Gasteiger partial charge in [-0.2, -0.15) is 13.2 Å². The molecule has 5 N–H and O–H groups in total. The van der Waals surface area contributed by atoms with E-state index in [9.17, 15) is 18.0 Å². The number of amides is 2. The minimum atomic E-state index is -4.44. The van der Waals surface area contributed by atoms with Crippen LogP contribution in [0.15, 0.2) is 41.4 Å². The van der Waals surface area contributed by atoms with Crippen LogP contribution in [0, 0.1) is 6.92 Å². The summed E-state index contributed by atoms with van der Waals surface area (Å²) < 4.78 is 46.7. The molecule has 6 rings (SSSR count). The number of aryl methyl sites for hydroxylation is 1. The Morgan fingerprint density at radius 1 is 1.22 bits per heavy atom. The summed E-state index contributed by atoms with van der Waals surface area (Å²) in [6.45, 7) is 1.85. The first-order valence-corrected chi connectivity index (χ1v) is 10.8. The number of nitrogens with one attached hydrogen (secondary N) is 3. The molecule has 1 saturated carbocycles. The minimum Gasteiger partial charge on any atom is -0.383 e. The second-order valence-electron chi connectivity index (χ2n) is 8.61. The van der Waals surface area contributed by atoms with Gasteiger partial charge in [0.2, 0.25) is 0 Å². The van der Waals surface area contributed by atoms with Crippen LogP contribution in [0.5, 0.6) is 0 Å². The molecule has 0 spiro atoms. The quantitative estimate of drug-likeness (QED) is 0.287. The van der Waals surface area contributed by atoms with E-state index in [1.165, 1.54) is 6.33 Å². The summed E-state index contributed by atoms with van der Waals surface area (Å²) in [6.07, 6.45) is 0.184. The van der Waals surface area contributed by atoms with Crippen molar-refractivity contribution in [3.8, 4) is 11.3 Å². The summed E-state index contributed by atoms with van der Waals surface area (Å²) in [5.74, 6) is -0.128. The number of aromatic amines is 1. The summed E-state index contributed by atoms with van der Waals surface area (Å²) in [6, 6.07) is 3.82. The number of hydrogen-bond acceptors (Lipinski definition) is 7. The van der Waals surface area contributed by atoms with Crippen molar-refractivity contribution in [2.24, 2.45) is 0 Å². The first-order chi connectivity index (χ1) is 17.2. The highest BCUT2D eigenvalue weighted by atomic mass is 19.4. The Kier molecular flexibility index (Phi) is 4.52. The minimum absolute atomic E-state index is 0.0743. The molecule has 0 unspecified atom stereocenters. The van der Waals surface area contributed by atoms with Crippen molar-refractivity contribution in [1.82, 2.24) is 29.5 Å². The van der Waals surface area contributed by atoms with Gasteiger partial charge in [0, 0.05) is 29.7 Å². The predicted molar refractivity (Wildman–Crippen MR) is 123 cm³/mol. The highest BCUT2D eigenvalue weighted by molar-refractivity contribution is 6.03. The van der Waals surface area contributed by atoms with E-state index in [0.717, 1.165) is 23.0 Å². The fourth-order valence-electron chi connectivity index (χ4n) is 4.36. The Labute approximate surface area is 199 Å². The lowest BCUT2D eigenvalue weighted by atomic mass is 10.0. The van der Waals surface area contributed by atoms with E-state index in [4.69, 9.17) is 10.3 Å². The number of urea groups is 1. The molecule has 1 aliphatic rings. The van der Waals surface area contributed by atoms with E-state index in [2.05, 4.69) is 35.7 Å². The van der Waals surface area contributed by atoms with Crippen molar-refractivity contribution in [2.75, 3.05) is 16.4 Å². The van der Waals surface area contributed by atoms with E-state index in [1.807, 2.05) is 11.3 Å². The third kappa shape index (κ3) is 3.25. The molecule has 36 heavy (non-hydrogen) atoms. The maximum absolute atomic E-state index is 13.3. The molecule has 11 nitrogen and oxygen atoms in total. The van der Waals surface area contributed by atoms with Crippen LogP contribution >= 0.6 is 0 Å². The molecular weight excluding hydrogens is 479 g/mol. The number of imidazole rings is 1. The number of nitrogens with two attached hydrogens (primary N) is 1. The van der Waals surface area contributed by atoms with Gasteiger partial charge in [0.05, 0.1) is 16.8 Å². The second kappa shape index (κ2) is 7.44. The zero-order valence-corrected chi connectivity index (χ0v) is 18.6. The Morgan fingerprint density at radius 2 is 2.03 bits per heavy atom. The molecule has 0 aliphatic heterocycles. The van der Waals surface area contributed by atoms with Crippen molar-refractivity contribution < 1.29 is 22.5 Å². The van der Waals surface area contributed by atoms with Gasteiger partial charge in [-0.15, -0.1) is 0 Å². The lowest BCUT2D eigenvalue weighted by Crippen LogP contribution is -2.28. The number of fused-ring (bicyclic) bond motifs is 2. The van der Waals surface area contributed by atoms with E-state index in [1.54, 1.807) is 24.5 Å². The van der Waals surface area contributed by atoms with Gasteiger partial charge >= 0.3 is 12.2 Å².